The molecule has 0 aliphatic heterocycles. The van der Waals surface area contributed by atoms with Crippen LogP contribution in [-0.2, 0) is 4.79 Å². The molecule has 0 radical (unpaired) electrons. The van der Waals surface area contributed by atoms with Gasteiger partial charge in [-0.15, -0.1) is 0 Å². The molecule has 2 fully saturated rings. The third-order valence-corrected chi connectivity index (χ3v) is 5.31. The molecule has 3 atom stereocenters. The van der Waals surface area contributed by atoms with E-state index in [9.17, 15) is 18.0 Å². The highest BCUT2D eigenvalue weighted by Gasteiger charge is 2.45. The Hall–Kier alpha value is -0.780. The molecule has 6 heteroatoms. The van der Waals surface area contributed by atoms with E-state index < -0.39 is 23.5 Å². The number of halogens is 3. The van der Waals surface area contributed by atoms with Gasteiger partial charge >= 0.3 is 6.18 Å². The van der Waals surface area contributed by atoms with Crippen molar-refractivity contribution in [1.29, 1.82) is 0 Å². The smallest absolute Gasteiger partial charge is 0.344 e. The van der Waals surface area contributed by atoms with Gasteiger partial charge in [-0.05, 0) is 49.4 Å². The molecule has 2 aliphatic rings. The fraction of sp³-hybridized carbons (Fsp3) is 0.941. The van der Waals surface area contributed by atoms with Crippen LogP contribution in [0.1, 0.15) is 59.3 Å². The molecule has 0 aromatic rings. The summed E-state index contributed by atoms with van der Waals surface area (Å²) in [6.07, 6.45) is -0.163. The van der Waals surface area contributed by atoms with Crippen LogP contribution < -0.4 is 11.1 Å². The Morgan fingerprint density at radius 3 is 2.13 bits per heavy atom. The van der Waals surface area contributed by atoms with Gasteiger partial charge in [-0.1, -0.05) is 27.2 Å². The predicted molar refractivity (Wildman–Crippen MR) is 83.6 cm³/mol. The molecule has 0 aromatic heterocycles. The van der Waals surface area contributed by atoms with Crippen LogP contribution in [0.2, 0.25) is 0 Å². The lowest BCUT2D eigenvalue weighted by atomic mass is 9.65. The van der Waals surface area contributed by atoms with E-state index in [2.05, 4.69) is 5.32 Å². The van der Waals surface area contributed by atoms with E-state index in [4.69, 9.17) is 5.73 Å². The summed E-state index contributed by atoms with van der Waals surface area (Å²) in [7, 11) is 0. The van der Waals surface area contributed by atoms with Gasteiger partial charge in [0.05, 0.1) is 0 Å². The summed E-state index contributed by atoms with van der Waals surface area (Å²) >= 11 is 0. The maximum absolute atomic E-state index is 13.2. The van der Waals surface area contributed by atoms with Crippen LogP contribution in [0.3, 0.4) is 0 Å². The van der Waals surface area contributed by atoms with Crippen LogP contribution >= 0.6 is 0 Å². The fourth-order valence-corrected chi connectivity index (χ4v) is 4.15. The van der Waals surface area contributed by atoms with Crippen molar-refractivity contribution in [2.24, 2.45) is 28.9 Å². The fourth-order valence-electron chi connectivity index (χ4n) is 4.15. The Bertz CT molecular complexity index is 417. The quantitative estimate of drug-likeness (QED) is 0.828. The standard InChI is InChI=1S/C17H29F3N2O/c1-16(2,3)9-13(17(18,19)20)22-15(23)12-7-10-5-4-6-11(8-12)14(10)21/h10-14H,4-9,21H2,1-3H3,(H,22,23). The molecule has 3 N–H and O–H groups in total. The molecule has 0 spiro atoms. The van der Waals surface area contributed by atoms with E-state index in [1.54, 1.807) is 20.8 Å². The van der Waals surface area contributed by atoms with Crippen molar-refractivity contribution >= 4 is 5.91 Å². The van der Waals surface area contributed by atoms with Gasteiger partial charge in [0.25, 0.3) is 0 Å². The first-order chi connectivity index (χ1) is 10.5. The highest BCUT2D eigenvalue weighted by Crippen LogP contribution is 2.42. The number of alkyl halides is 3. The molecule has 2 rings (SSSR count). The lowest BCUT2D eigenvalue weighted by molar-refractivity contribution is -0.168. The zero-order valence-corrected chi connectivity index (χ0v) is 14.2. The van der Waals surface area contributed by atoms with Crippen LogP contribution in [0.15, 0.2) is 0 Å². The molecular weight excluding hydrogens is 305 g/mol. The third-order valence-electron chi connectivity index (χ3n) is 5.31. The van der Waals surface area contributed by atoms with E-state index in [0.717, 1.165) is 19.3 Å². The second kappa shape index (κ2) is 6.61. The average molecular weight is 334 g/mol. The highest BCUT2D eigenvalue weighted by atomic mass is 19.4. The van der Waals surface area contributed by atoms with Gasteiger partial charge in [-0.2, -0.15) is 13.2 Å². The first kappa shape index (κ1) is 18.6. The Kier molecular flexibility index (Phi) is 5.34. The van der Waals surface area contributed by atoms with E-state index >= 15 is 0 Å². The van der Waals surface area contributed by atoms with Crippen molar-refractivity contribution in [2.45, 2.75) is 77.6 Å². The molecule has 0 heterocycles. The molecule has 2 saturated carbocycles. The molecule has 3 nitrogen and oxygen atoms in total. The Morgan fingerprint density at radius 2 is 1.70 bits per heavy atom. The van der Waals surface area contributed by atoms with Crippen LogP contribution in [0.25, 0.3) is 0 Å². The zero-order valence-electron chi connectivity index (χ0n) is 14.2. The van der Waals surface area contributed by atoms with E-state index in [0.29, 0.717) is 12.8 Å². The number of fused-ring (bicyclic) bond motifs is 2. The lowest BCUT2D eigenvalue weighted by Gasteiger charge is -2.44. The van der Waals surface area contributed by atoms with Crippen molar-refractivity contribution in [3.05, 3.63) is 0 Å². The van der Waals surface area contributed by atoms with Crippen molar-refractivity contribution < 1.29 is 18.0 Å². The maximum atomic E-state index is 13.2. The van der Waals surface area contributed by atoms with E-state index in [1.807, 2.05) is 0 Å². The highest BCUT2D eigenvalue weighted by molar-refractivity contribution is 5.79. The molecule has 1 amide bonds. The van der Waals surface area contributed by atoms with Gasteiger partial charge in [0, 0.05) is 12.0 Å². The first-order valence-corrected chi connectivity index (χ1v) is 8.60. The molecule has 2 bridgehead atoms. The molecule has 23 heavy (non-hydrogen) atoms. The van der Waals surface area contributed by atoms with Crippen molar-refractivity contribution in [2.75, 3.05) is 0 Å². The summed E-state index contributed by atoms with van der Waals surface area (Å²) in [6, 6.07) is -1.66. The van der Waals surface area contributed by atoms with Crippen LogP contribution in [-0.4, -0.2) is 24.2 Å². The summed E-state index contributed by atoms with van der Waals surface area (Å²) in [6.45, 7) is 5.26. The molecule has 0 aromatic carbocycles. The van der Waals surface area contributed by atoms with Gasteiger partial charge in [0.1, 0.15) is 6.04 Å². The zero-order chi connectivity index (χ0) is 17.4. The van der Waals surface area contributed by atoms with Gasteiger partial charge in [-0.3, -0.25) is 4.79 Å². The number of rotatable bonds is 3. The number of carbonyl (C=O) groups is 1. The van der Waals surface area contributed by atoms with Gasteiger partial charge in [0.2, 0.25) is 5.91 Å². The van der Waals surface area contributed by atoms with E-state index in [1.165, 1.54) is 0 Å². The van der Waals surface area contributed by atoms with Crippen molar-refractivity contribution in [3.8, 4) is 0 Å². The number of nitrogens with two attached hydrogens (primary N) is 1. The number of carbonyl (C=O) groups excluding carboxylic acids is 1. The predicted octanol–water partition coefficient (Wildman–Crippen LogP) is 3.62. The summed E-state index contributed by atoms with van der Waals surface area (Å²) in [5.41, 5.74) is 5.69. The summed E-state index contributed by atoms with van der Waals surface area (Å²) < 4.78 is 39.7. The molecule has 3 unspecified atom stereocenters. The molecule has 2 aliphatic carbocycles. The Balaban J connectivity index is 2.01. The summed E-state index contributed by atoms with van der Waals surface area (Å²) in [5.74, 6) is -0.203. The van der Waals surface area contributed by atoms with Crippen LogP contribution in [0.5, 0.6) is 0 Å². The van der Waals surface area contributed by atoms with E-state index in [-0.39, 0.29) is 30.2 Å². The largest absolute Gasteiger partial charge is 0.408 e. The molecule has 134 valence electrons. The lowest BCUT2D eigenvalue weighted by Crippen LogP contribution is -2.53. The summed E-state index contributed by atoms with van der Waals surface area (Å²) in [4.78, 5) is 12.4. The van der Waals surface area contributed by atoms with Crippen LogP contribution in [0.4, 0.5) is 13.2 Å². The van der Waals surface area contributed by atoms with Gasteiger partial charge in [-0.25, -0.2) is 0 Å². The van der Waals surface area contributed by atoms with Gasteiger partial charge in [0.15, 0.2) is 0 Å². The molecule has 0 saturated heterocycles. The Morgan fingerprint density at radius 1 is 1.17 bits per heavy atom. The monoisotopic (exact) mass is 334 g/mol. The first-order valence-electron chi connectivity index (χ1n) is 8.60. The molecular formula is C17H29F3N2O. The van der Waals surface area contributed by atoms with Crippen molar-refractivity contribution in [3.63, 3.8) is 0 Å². The minimum Gasteiger partial charge on any atom is -0.344 e. The Labute approximate surface area is 136 Å². The summed E-state index contributed by atoms with van der Waals surface area (Å²) in [5, 5.41) is 2.28. The van der Waals surface area contributed by atoms with Crippen LogP contribution in [0, 0.1) is 23.2 Å². The third kappa shape index (κ3) is 4.85. The maximum Gasteiger partial charge on any atom is 0.408 e. The second-order valence-electron chi connectivity index (χ2n) is 8.56. The topological polar surface area (TPSA) is 55.1 Å². The number of amides is 1. The van der Waals surface area contributed by atoms with Crippen molar-refractivity contribution in [1.82, 2.24) is 5.32 Å². The average Bonchev–Trinajstić information content (AvgIpc) is 2.34. The number of hydrogen-bond donors (Lipinski definition) is 2. The minimum absolute atomic E-state index is 0.110. The van der Waals surface area contributed by atoms with Gasteiger partial charge < -0.3 is 11.1 Å². The minimum atomic E-state index is -4.41. The normalized spacial score (nSPS) is 33.2. The second-order valence-corrected chi connectivity index (χ2v) is 8.56. The number of hydrogen-bond acceptors (Lipinski definition) is 2. The number of nitrogens with one attached hydrogen (secondary N) is 1. The SMILES string of the molecule is CC(C)(C)CC(NC(=O)C1CC2CCCC(C1)C2N)C(F)(F)F.